The zero-order valence-corrected chi connectivity index (χ0v) is 21.5. The van der Waals surface area contributed by atoms with Crippen molar-refractivity contribution >= 4 is 73.3 Å². The van der Waals surface area contributed by atoms with Gasteiger partial charge in [-0.25, -0.2) is 4.79 Å². The van der Waals surface area contributed by atoms with E-state index < -0.39 is 30.2 Å². The van der Waals surface area contributed by atoms with Crippen LogP contribution in [0.15, 0.2) is 58.4 Å². The SMILES string of the molecule is CCOC(=O)c1c(-c2ccc(Br)cc2)csc1NC(=S)NC(=O)CN1C(=O)c2ccccc2C1=O. The molecule has 11 heteroatoms. The number of thiocarbonyl (C=S) groups is 1. The monoisotopic (exact) mass is 571 g/mol. The van der Waals surface area contributed by atoms with E-state index in [4.69, 9.17) is 17.0 Å². The number of ether oxygens (including phenoxy) is 1. The first-order valence-electron chi connectivity index (χ1n) is 10.4. The van der Waals surface area contributed by atoms with Crippen molar-refractivity contribution in [2.24, 2.45) is 0 Å². The van der Waals surface area contributed by atoms with Gasteiger partial charge in [-0.15, -0.1) is 11.3 Å². The number of carbonyl (C=O) groups excluding carboxylic acids is 4. The number of hydrogen-bond acceptors (Lipinski definition) is 7. The summed E-state index contributed by atoms with van der Waals surface area (Å²) in [6.45, 7) is 1.41. The maximum absolute atomic E-state index is 12.7. The van der Waals surface area contributed by atoms with Crippen LogP contribution in [0, 0.1) is 0 Å². The van der Waals surface area contributed by atoms with Crippen LogP contribution in [0.3, 0.4) is 0 Å². The first-order valence-corrected chi connectivity index (χ1v) is 12.5. The minimum Gasteiger partial charge on any atom is -0.462 e. The highest BCUT2D eigenvalue weighted by Gasteiger charge is 2.36. The van der Waals surface area contributed by atoms with Gasteiger partial charge >= 0.3 is 5.97 Å². The van der Waals surface area contributed by atoms with Crippen LogP contribution in [0.4, 0.5) is 5.00 Å². The van der Waals surface area contributed by atoms with Crippen molar-refractivity contribution in [3.8, 4) is 11.1 Å². The molecule has 1 aliphatic heterocycles. The smallest absolute Gasteiger partial charge is 0.341 e. The first-order chi connectivity index (χ1) is 16.8. The summed E-state index contributed by atoms with van der Waals surface area (Å²) in [5, 5.41) is 7.43. The fraction of sp³-hybridized carbons (Fsp3) is 0.125. The van der Waals surface area contributed by atoms with Crippen molar-refractivity contribution in [3.05, 3.63) is 75.1 Å². The van der Waals surface area contributed by atoms with Gasteiger partial charge in [0.2, 0.25) is 5.91 Å². The maximum Gasteiger partial charge on any atom is 0.341 e. The minimum atomic E-state index is -0.653. The van der Waals surface area contributed by atoms with Crippen LogP contribution in [0.2, 0.25) is 0 Å². The third-order valence-corrected chi connectivity index (χ3v) is 6.71. The predicted molar refractivity (Wildman–Crippen MR) is 140 cm³/mol. The van der Waals surface area contributed by atoms with E-state index in [1.54, 1.807) is 24.4 Å². The second kappa shape index (κ2) is 10.5. The van der Waals surface area contributed by atoms with Crippen molar-refractivity contribution < 1.29 is 23.9 Å². The highest BCUT2D eigenvalue weighted by molar-refractivity contribution is 9.10. The molecule has 3 amide bonds. The van der Waals surface area contributed by atoms with Gasteiger partial charge in [0.05, 0.1) is 17.7 Å². The van der Waals surface area contributed by atoms with E-state index in [0.717, 1.165) is 14.9 Å². The lowest BCUT2D eigenvalue weighted by molar-refractivity contribution is -0.120. The number of anilines is 1. The Kier molecular flexibility index (Phi) is 7.39. The average molecular weight is 572 g/mol. The number of esters is 1. The van der Waals surface area contributed by atoms with Crippen LogP contribution >= 0.6 is 39.5 Å². The fourth-order valence-electron chi connectivity index (χ4n) is 3.52. The average Bonchev–Trinajstić information content (AvgIpc) is 3.34. The van der Waals surface area contributed by atoms with Crippen LogP contribution in [0.25, 0.3) is 11.1 Å². The number of nitrogens with zero attached hydrogens (tertiary/aromatic N) is 1. The van der Waals surface area contributed by atoms with Crippen LogP contribution in [0.5, 0.6) is 0 Å². The molecule has 0 radical (unpaired) electrons. The summed E-state index contributed by atoms with van der Waals surface area (Å²) in [6, 6.07) is 13.8. The summed E-state index contributed by atoms with van der Waals surface area (Å²) in [6.07, 6.45) is 0. The fourth-order valence-corrected chi connectivity index (χ4v) is 5.03. The van der Waals surface area contributed by atoms with Gasteiger partial charge < -0.3 is 15.4 Å². The van der Waals surface area contributed by atoms with Crippen molar-refractivity contribution in [3.63, 3.8) is 0 Å². The Morgan fingerprint density at radius 3 is 2.26 bits per heavy atom. The highest BCUT2D eigenvalue weighted by Crippen LogP contribution is 2.36. The van der Waals surface area contributed by atoms with Crippen LogP contribution in [-0.2, 0) is 9.53 Å². The number of halogens is 1. The molecule has 35 heavy (non-hydrogen) atoms. The zero-order valence-electron chi connectivity index (χ0n) is 18.3. The standard InChI is InChI=1S/C24H18BrN3O5S2/c1-2-33-23(32)19-17(13-7-9-14(25)10-8-13)12-35-20(19)27-24(34)26-18(29)11-28-21(30)15-5-3-4-6-16(15)22(28)31/h3-10,12H,2,11H2,1H3,(H2,26,27,29,34). The van der Waals surface area contributed by atoms with E-state index in [9.17, 15) is 19.2 Å². The molecule has 2 aromatic carbocycles. The van der Waals surface area contributed by atoms with Crippen molar-refractivity contribution in [2.75, 3.05) is 18.5 Å². The number of carbonyl (C=O) groups is 4. The molecule has 1 aromatic heterocycles. The van der Waals surface area contributed by atoms with Gasteiger partial charge in [-0.2, -0.15) is 0 Å². The van der Waals surface area contributed by atoms with Gasteiger partial charge in [-0.1, -0.05) is 40.2 Å². The molecule has 4 rings (SSSR count). The van der Waals surface area contributed by atoms with Gasteiger partial charge in [0.1, 0.15) is 17.1 Å². The topological polar surface area (TPSA) is 105 Å². The van der Waals surface area contributed by atoms with Gasteiger partial charge in [-0.3, -0.25) is 19.3 Å². The van der Waals surface area contributed by atoms with Gasteiger partial charge in [-0.05, 0) is 49.0 Å². The normalized spacial score (nSPS) is 12.3. The number of nitrogens with one attached hydrogen (secondary N) is 2. The van der Waals surface area contributed by atoms with Crippen LogP contribution < -0.4 is 10.6 Å². The molecule has 1 aliphatic rings. The lowest BCUT2D eigenvalue weighted by atomic mass is 10.0. The summed E-state index contributed by atoms with van der Waals surface area (Å²) in [5.41, 5.74) is 2.26. The van der Waals surface area contributed by atoms with Gasteiger partial charge in [0.15, 0.2) is 5.11 Å². The third-order valence-electron chi connectivity index (χ3n) is 5.09. The molecular weight excluding hydrogens is 554 g/mol. The number of thiophene rings is 1. The van der Waals surface area contributed by atoms with Crippen LogP contribution in [-0.4, -0.2) is 46.9 Å². The Bertz CT molecular complexity index is 1320. The molecule has 0 aliphatic carbocycles. The zero-order chi connectivity index (χ0) is 25.1. The molecule has 2 heterocycles. The van der Waals surface area contributed by atoms with E-state index >= 15 is 0 Å². The molecule has 2 N–H and O–H groups in total. The molecule has 8 nitrogen and oxygen atoms in total. The van der Waals surface area contributed by atoms with Crippen molar-refractivity contribution in [2.45, 2.75) is 6.92 Å². The second-order valence-corrected chi connectivity index (χ2v) is 9.53. The number of fused-ring (bicyclic) bond motifs is 1. The number of imide groups is 1. The Morgan fingerprint density at radius 1 is 1.03 bits per heavy atom. The Labute approximate surface area is 218 Å². The number of amides is 3. The molecule has 0 fully saturated rings. The van der Waals surface area contributed by atoms with E-state index in [-0.39, 0.29) is 28.4 Å². The largest absolute Gasteiger partial charge is 0.462 e. The summed E-state index contributed by atoms with van der Waals surface area (Å²) >= 11 is 9.88. The van der Waals surface area contributed by atoms with E-state index in [0.29, 0.717) is 10.6 Å². The van der Waals surface area contributed by atoms with Crippen molar-refractivity contribution in [1.29, 1.82) is 0 Å². The molecule has 178 valence electrons. The Hall–Kier alpha value is -3.41. The van der Waals surface area contributed by atoms with Crippen molar-refractivity contribution in [1.82, 2.24) is 10.2 Å². The predicted octanol–water partition coefficient (Wildman–Crippen LogP) is 4.46. The first kappa shape index (κ1) is 24.7. The van der Waals surface area contributed by atoms with E-state index in [1.165, 1.54) is 23.5 Å². The molecule has 0 spiro atoms. The summed E-state index contributed by atoms with van der Waals surface area (Å²) in [7, 11) is 0. The maximum atomic E-state index is 12.7. The molecule has 3 aromatic rings. The molecule has 0 saturated heterocycles. The summed E-state index contributed by atoms with van der Waals surface area (Å²) in [4.78, 5) is 51.1. The van der Waals surface area contributed by atoms with Gasteiger partial charge in [0, 0.05) is 15.4 Å². The molecule has 0 bridgehead atoms. The Morgan fingerprint density at radius 2 is 1.66 bits per heavy atom. The van der Waals surface area contributed by atoms with Crippen LogP contribution in [0.1, 0.15) is 38.0 Å². The second-order valence-electron chi connectivity index (χ2n) is 7.33. The molecular formula is C24H18BrN3O5S2. The lowest BCUT2D eigenvalue weighted by Crippen LogP contribution is -2.43. The molecule has 0 saturated carbocycles. The van der Waals surface area contributed by atoms with E-state index in [2.05, 4.69) is 26.6 Å². The number of benzene rings is 2. The quantitative estimate of drug-likeness (QED) is 0.255. The third kappa shape index (κ3) is 5.16. The lowest BCUT2D eigenvalue weighted by Gasteiger charge is -2.15. The highest BCUT2D eigenvalue weighted by atomic mass is 79.9. The number of hydrogen-bond donors (Lipinski definition) is 2. The summed E-state index contributed by atoms with van der Waals surface area (Å²) in [5.74, 6) is -2.27. The number of rotatable bonds is 6. The Balaban J connectivity index is 1.47. The van der Waals surface area contributed by atoms with Gasteiger partial charge in [0.25, 0.3) is 11.8 Å². The summed E-state index contributed by atoms with van der Waals surface area (Å²) < 4.78 is 6.12. The minimum absolute atomic E-state index is 0.0821. The van der Waals surface area contributed by atoms with E-state index in [1.807, 2.05) is 24.3 Å². The molecule has 0 unspecified atom stereocenters. The molecule has 0 atom stereocenters.